The van der Waals surface area contributed by atoms with Gasteiger partial charge >= 0.3 is 0 Å². The molecule has 2 fully saturated rings. The summed E-state index contributed by atoms with van der Waals surface area (Å²) in [4.78, 5) is 13.8. The molecule has 2 N–H and O–H groups in total. The van der Waals surface area contributed by atoms with Gasteiger partial charge in [-0.3, -0.25) is 4.79 Å². The summed E-state index contributed by atoms with van der Waals surface area (Å²) in [5.41, 5.74) is -0.485. The molecule has 1 amide bonds. The number of aliphatic hydroxyl groups is 2. The number of nitrogens with zero attached hydrogens (tertiary/aromatic N) is 1. The minimum absolute atomic E-state index is 0.0302. The second kappa shape index (κ2) is 4.69. The van der Waals surface area contributed by atoms with Crippen molar-refractivity contribution < 1.29 is 19.4 Å². The van der Waals surface area contributed by atoms with Crippen molar-refractivity contribution in [2.24, 2.45) is 17.3 Å². The Morgan fingerprint density at radius 2 is 1.95 bits per heavy atom. The van der Waals surface area contributed by atoms with Crippen LogP contribution < -0.4 is 0 Å². The largest absolute Gasteiger partial charge is 0.396 e. The molecule has 1 aliphatic carbocycles. The minimum atomic E-state index is -0.587. The van der Waals surface area contributed by atoms with Crippen LogP contribution in [0.1, 0.15) is 10.4 Å². The van der Waals surface area contributed by atoms with Gasteiger partial charge < -0.3 is 15.1 Å². The van der Waals surface area contributed by atoms with E-state index in [1.165, 1.54) is 18.2 Å². The molecule has 1 heterocycles. The molecule has 4 nitrogen and oxygen atoms in total. The molecule has 6 heteroatoms. The molecule has 20 heavy (non-hydrogen) atoms. The summed E-state index contributed by atoms with van der Waals surface area (Å²) in [5, 5.41) is 19.0. The normalized spacial score (nSPS) is 26.5. The number of halogens is 2. The van der Waals surface area contributed by atoms with Crippen molar-refractivity contribution in [1.29, 1.82) is 0 Å². The quantitative estimate of drug-likeness (QED) is 0.880. The van der Waals surface area contributed by atoms with Gasteiger partial charge in [0.2, 0.25) is 0 Å². The SMILES string of the molecule is O=C(c1cc(Cl)ccc1F)N1CC2C(C1)C2(CO)CO. The Bertz CT molecular complexity index is 547. The van der Waals surface area contributed by atoms with E-state index in [2.05, 4.69) is 0 Å². The number of benzene rings is 1. The average Bonchev–Trinajstić information content (AvgIpc) is 2.82. The zero-order valence-corrected chi connectivity index (χ0v) is 11.5. The number of rotatable bonds is 3. The Balaban J connectivity index is 1.75. The highest BCUT2D eigenvalue weighted by molar-refractivity contribution is 6.31. The van der Waals surface area contributed by atoms with Gasteiger partial charge in [-0.25, -0.2) is 4.39 Å². The van der Waals surface area contributed by atoms with Gasteiger partial charge in [-0.15, -0.1) is 0 Å². The van der Waals surface area contributed by atoms with Crippen LogP contribution in [0.3, 0.4) is 0 Å². The van der Waals surface area contributed by atoms with Crippen LogP contribution in [0.5, 0.6) is 0 Å². The standard InChI is InChI=1S/C14H15ClFNO3/c15-8-1-2-12(16)9(3-8)13(20)17-4-10-11(5-17)14(10,6-18)7-19/h1-3,10-11,18-19H,4-7H2. The number of aliphatic hydroxyl groups excluding tert-OH is 2. The molecule has 1 aliphatic heterocycles. The highest BCUT2D eigenvalue weighted by Crippen LogP contribution is 2.62. The van der Waals surface area contributed by atoms with Crippen LogP contribution >= 0.6 is 11.6 Å². The summed E-state index contributed by atoms with van der Waals surface area (Å²) in [6, 6.07) is 3.91. The third-order valence-corrected chi connectivity index (χ3v) is 4.96. The first kappa shape index (κ1) is 13.8. The Hall–Kier alpha value is -1.17. The van der Waals surface area contributed by atoms with Crippen LogP contribution in [0.25, 0.3) is 0 Å². The number of amides is 1. The van der Waals surface area contributed by atoms with E-state index in [4.69, 9.17) is 11.6 Å². The van der Waals surface area contributed by atoms with Gasteiger partial charge in [0.1, 0.15) is 5.82 Å². The molecule has 1 aromatic carbocycles. The molecule has 2 unspecified atom stereocenters. The second-order valence-electron chi connectivity index (χ2n) is 5.60. The number of hydrogen-bond donors (Lipinski definition) is 2. The molecule has 0 spiro atoms. The van der Waals surface area contributed by atoms with Crippen LogP contribution in [-0.2, 0) is 0 Å². The van der Waals surface area contributed by atoms with E-state index >= 15 is 0 Å². The Labute approximate surface area is 120 Å². The molecule has 108 valence electrons. The van der Waals surface area contributed by atoms with Crippen molar-refractivity contribution in [2.45, 2.75) is 0 Å². The predicted octanol–water partition coefficient (Wildman–Crippen LogP) is 1.15. The number of carbonyl (C=O) groups is 1. The van der Waals surface area contributed by atoms with Gasteiger partial charge in [0.15, 0.2) is 0 Å². The monoisotopic (exact) mass is 299 g/mol. The van der Waals surface area contributed by atoms with Crippen LogP contribution in [0, 0.1) is 23.1 Å². The lowest BCUT2D eigenvalue weighted by molar-refractivity contribution is 0.0633. The molecule has 0 bridgehead atoms. The summed E-state index contributed by atoms with van der Waals surface area (Å²) >= 11 is 5.79. The fraction of sp³-hybridized carbons (Fsp3) is 0.500. The third kappa shape index (κ3) is 1.84. The Morgan fingerprint density at radius 3 is 2.50 bits per heavy atom. The first-order valence-electron chi connectivity index (χ1n) is 6.49. The lowest BCUT2D eigenvalue weighted by Gasteiger charge is -2.24. The molecule has 1 aromatic rings. The number of likely N-dealkylation sites (tertiary alicyclic amines) is 1. The van der Waals surface area contributed by atoms with Crippen LogP contribution in [-0.4, -0.2) is 47.3 Å². The number of hydrogen-bond acceptors (Lipinski definition) is 3. The van der Waals surface area contributed by atoms with Crippen molar-refractivity contribution in [3.8, 4) is 0 Å². The zero-order valence-electron chi connectivity index (χ0n) is 10.7. The summed E-state index contributed by atoms with van der Waals surface area (Å²) in [6.07, 6.45) is 0. The van der Waals surface area contributed by atoms with E-state index < -0.39 is 11.2 Å². The highest BCUT2D eigenvalue weighted by Gasteiger charge is 2.68. The summed E-state index contributed by atoms with van der Waals surface area (Å²) in [7, 11) is 0. The van der Waals surface area contributed by atoms with E-state index in [-0.39, 0.29) is 36.5 Å². The van der Waals surface area contributed by atoms with Crippen molar-refractivity contribution in [3.05, 3.63) is 34.6 Å². The number of fused-ring (bicyclic) bond motifs is 1. The van der Waals surface area contributed by atoms with Crippen molar-refractivity contribution in [1.82, 2.24) is 4.90 Å². The summed E-state index contributed by atoms with van der Waals surface area (Å²) < 4.78 is 13.7. The van der Waals surface area contributed by atoms with Crippen LogP contribution in [0.2, 0.25) is 5.02 Å². The smallest absolute Gasteiger partial charge is 0.256 e. The second-order valence-corrected chi connectivity index (χ2v) is 6.03. The molecule has 1 saturated heterocycles. The van der Waals surface area contributed by atoms with E-state index in [0.717, 1.165) is 0 Å². The molecule has 1 saturated carbocycles. The summed E-state index contributed by atoms with van der Waals surface area (Å²) in [5.74, 6) is -0.773. The van der Waals surface area contributed by atoms with Gasteiger partial charge in [0.05, 0.1) is 18.8 Å². The van der Waals surface area contributed by atoms with Crippen molar-refractivity contribution in [3.63, 3.8) is 0 Å². The van der Waals surface area contributed by atoms with Crippen molar-refractivity contribution in [2.75, 3.05) is 26.3 Å². The molecule has 3 rings (SSSR count). The Kier molecular flexibility index (Phi) is 3.23. The molecular weight excluding hydrogens is 285 g/mol. The lowest BCUT2D eigenvalue weighted by Crippen LogP contribution is -2.36. The maximum absolute atomic E-state index is 13.7. The molecule has 2 aliphatic rings. The van der Waals surface area contributed by atoms with E-state index in [0.29, 0.717) is 18.1 Å². The lowest BCUT2D eigenvalue weighted by atomic mass is 10.0. The number of carbonyl (C=O) groups excluding carboxylic acids is 1. The van der Waals surface area contributed by atoms with Gasteiger partial charge in [-0.1, -0.05) is 11.6 Å². The minimum Gasteiger partial charge on any atom is -0.396 e. The fourth-order valence-electron chi connectivity index (χ4n) is 3.35. The molecular formula is C14H15ClFNO3. The van der Waals surface area contributed by atoms with Gasteiger partial charge in [0, 0.05) is 23.5 Å². The fourth-order valence-corrected chi connectivity index (χ4v) is 3.53. The molecule has 2 atom stereocenters. The maximum atomic E-state index is 13.7. The van der Waals surface area contributed by atoms with E-state index in [1.54, 1.807) is 4.90 Å². The first-order valence-corrected chi connectivity index (χ1v) is 6.87. The van der Waals surface area contributed by atoms with Gasteiger partial charge in [-0.2, -0.15) is 0 Å². The topological polar surface area (TPSA) is 60.8 Å². The Morgan fingerprint density at radius 1 is 1.35 bits per heavy atom. The molecule has 0 radical (unpaired) electrons. The summed E-state index contributed by atoms with van der Waals surface area (Å²) in [6.45, 7) is 0.728. The third-order valence-electron chi connectivity index (χ3n) is 4.72. The van der Waals surface area contributed by atoms with Gasteiger partial charge in [-0.05, 0) is 30.0 Å². The van der Waals surface area contributed by atoms with Gasteiger partial charge in [0.25, 0.3) is 5.91 Å². The highest BCUT2D eigenvalue weighted by atomic mass is 35.5. The average molecular weight is 300 g/mol. The van der Waals surface area contributed by atoms with Crippen LogP contribution in [0.15, 0.2) is 18.2 Å². The maximum Gasteiger partial charge on any atom is 0.256 e. The first-order chi connectivity index (χ1) is 9.53. The van der Waals surface area contributed by atoms with E-state index in [9.17, 15) is 19.4 Å². The predicted molar refractivity (Wildman–Crippen MR) is 70.9 cm³/mol. The number of piperidine rings is 1. The zero-order chi connectivity index (χ0) is 14.5. The van der Waals surface area contributed by atoms with Crippen molar-refractivity contribution >= 4 is 17.5 Å². The van der Waals surface area contributed by atoms with E-state index in [1.807, 2.05) is 0 Å². The molecule has 0 aromatic heterocycles. The van der Waals surface area contributed by atoms with Crippen LogP contribution in [0.4, 0.5) is 4.39 Å².